The van der Waals surface area contributed by atoms with Gasteiger partial charge in [-0.15, -0.1) is 0 Å². The van der Waals surface area contributed by atoms with Crippen LogP contribution in [0.2, 0.25) is 0 Å². The summed E-state index contributed by atoms with van der Waals surface area (Å²) in [5, 5.41) is -0.718. The quantitative estimate of drug-likeness (QED) is 0.736. The van der Waals surface area contributed by atoms with E-state index in [1.54, 1.807) is 30.3 Å². The van der Waals surface area contributed by atoms with Crippen LogP contribution >= 0.6 is 12.2 Å². The first-order valence-electron chi connectivity index (χ1n) is 8.59. The van der Waals surface area contributed by atoms with Crippen LogP contribution in [0.4, 0.5) is 0 Å². The second-order valence-corrected chi connectivity index (χ2v) is 9.22. The maximum Gasteiger partial charge on any atom is 0.182 e. The van der Waals surface area contributed by atoms with E-state index in [9.17, 15) is 8.42 Å². The molecule has 1 aliphatic carbocycles. The highest BCUT2D eigenvalue weighted by atomic mass is 32.2. The fourth-order valence-corrected chi connectivity index (χ4v) is 6.46. The predicted molar refractivity (Wildman–Crippen MR) is 107 cm³/mol. The summed E-state index contributed by atoms with van der Waals surface area (Å²) >= 11 is 5.34. The molecule has 3 unspecified atom stereocenters. The van der Waals surface area contributed by atoms with Crippen LogP contribution in [0.1, 0.15) is 24.0 Å². The molecular formula is C20H23NO3S2. The van der Waals surface area contributed by atoms with Gasteiger partial charge in [-0.25, -0.2) is 8.42 Å². The number of ether oxygens (including phenoxy) is 1. The van der Waals surface area contributed by atoms with Crippen LogP contribution < -0.4 is 5.73 Å². The van der Waals surface area contributed by atoms with E-state index in [-0.39, 0.29) is 22.4 Å². The Labute approximate surface area is 160 Å². The SMILES string of the molecule is CCOCC1(C(N)=S)C(c2ccc(C)cc2)C1S(=O)(=O)c1ccccc1. The average Bonchev–Trinajstić information content (AvgIpc) is 3.33. The Morgan fingerprint density at radius 1 is 1.15 bits per heavy atom. The van der Waals surface area contributed by atoms with Crippen molar-refractivity contribution < 1.29 is 13.2 Å². The van der Waals surface area contributed by atoms with Gasteiger partial charge in [0.15, 0.2) is 9.84 Å². The normalized spacial score (nSPS) is 25.0. The van der Waals surface area contributed by atoms with E-state index in [1.165, 1.54) is 0 Å². The van der Waals surface area contributed by atoms with Crippen LogP contribution in [0.3, 0.4) is 0 Å². The molecule has 2 aromatic rings. The summed E-state index contributed by atoms with van der Waals surface area (Å²) in [5.41, 5.74) is 7.24. The van der Waals surface area contributed by atoms with E-state index < -0.39 is 20.5 Å². The van der Waals surface area contributed by atoms with E-state index in [1.807, 2.05) is 38.1 Å². The molecule has 3 atom stereocenters. The average molecular weight is 390 g/mol. The highest BCUT2D eigenvalue weighted by molar-refractivity contribution is 7.92. The minimum Gasteiger partial charge on any atom is -0.393 e. The van der Waals surface area contributed by atoms with Crippen LogP contribution in [0, 0.1) is 12.3 Å². The first kappa shape index (κ1) is 19.0. The van der Waals surface area contributed by atoms with Crippen molar-refractivity contribution in [1.29, 1.82) is 0 Å². The topological polar surface area (TPSA) is 69.4 Å². The number of nitrogens with two attached hydrogens (primary N) is 1. The van der Waals surface area contributed by atoms with Crippen LogP contribution in [-0.2, 0) is 14.6 Å². The van der Waals surface area contributed by atoms with Gasteiger partial charge >= 0.3 is 0 Å². The number of sulfone groups is 1. The summed E-state index contributed by atoms with van der Waals surface area (Å²) in [6.07, 6.45) is 0. The van der Waals surface area contributed by atoms with Gasteiger partial charge in [0.2, 0.25) is 0 Å². The maximum absolute atomic E-state index is 13.4. The molecule has 0 saturated heterocycles. The molecule has 1 saturated carbocycles. The van der Waals surface area contributed by atoms with E-state index in [0.717, 1.165) is 11.1 Å². The molecule has 0 aromatic heterocycles. The van der Waals surface area contributed by atoms with Gasteiger partial charge in [-0.05, 0) is 31.5 Å². The summed E-state index contributed by atoms with van der Waals surface area (Å²) in [7, 11) is -3.60. The molecule has 26 heavy (non-hydrogen) atoms. The molecule has 2 aromatic carbocycles. The fourth-order valence-electron chi connectivity index (χ4n) is 3.67. The van der Waals surface area contributed by atoms with Crippen LogP contribution in [0.25, 0.3) is 0 Å². The van der Waals surface area contributed by atoms with E-state index in [0.29, 0.717) is 6.61 Å². The first-order chi connectivity index (χ1) is 12.4. The zero-order valence-corrected chi connectivity index (χ0v) is 16.5. The Morgan fingerprint density at radius 2 is 1.77 bits per heavy atom. The number of rotatable bonds is 7. The molecule has 0 amide bonds. The smallest absolute Gasteiger partial charge is 0.182 e. The van der Waals surface area contributed by atoms with Gasteiger partial charge in [-0.2, -0.15) is 0 Å². The lowest BCUT2D eigenvalue weighted by atomic mass is 9.99. The van der Waals surface area contributed by atoms with Crippen molar-refractivity contribution in [3.63, 3.8) is 0 Å². The Hall–Kier alpha value is -1.76. The molecule has 138 valence electrons. The Balaban J connectivity index is 2.10. The molecule has 0 bridgehead atoms. The fraction of sp³-hybridized carbons (Fsp3) is 0.350. The zero-order valence-electron chi connectivity index (χ0n) is 14.9. The summed E-state index contributed by atoms with van der Waals surface area (Å²) in [6, 6.07) is 16.3. The van der Waals surface area contributed by atoms with Gasteiger partial charge in [0, 0.05) is 12.5 Å². The first-order valence-corrected chi connectivity index (χ1v) is 10.5. The largest absolute Gasteiger partial charge is 0.393 e. The molecule has 1 aliphatic rings. The summed E-state index contributed by atoms with van der Waals surface area (Å²) < 4.78 is 32.3. The molecule has 3 rings (SSSR count). The van der Waals surface area contributed by atoms with Crippen molar-refractivity contribution in [2.75, 3.05) is 13.2 Å². The Morgan fingerprint density at radius 3 is 2.31 bits per heavy atom. The monoisotopic (exact) mass is 389 g/mol. The standard InChI is InChI=1S/C20H23NO3S2/c1-3-24-13-20(19(21)25)17(15-11-9-14(2)10-12-15)18(20)26(22,23)16-7-5-4-6-8-16/h4-12,17-18H,3,13H2,1-2H3,(H2,21,25). The molecule has 1 fully saturated rings. The van der Waals surface area contributed by atoms with Gasteiger partial charge in [-0.3, -0.25) is 0 Å². The molecule has 0 radical (unpaired) electrons. The second-order valence-electron chi connectivity index (χ2n) is 6.71. The van der Waals surface area contributed by atoms with Crippen molar-refractivity contribution in [2.24, 2.45) is 11.1 Å². The number of aryl methyl sites for hydroxylation is 1. The summed E-state index contributed by atoms with van der Waals surface area (Å²) in [4.78, 5) is 0.484. The Bertz CT molecular complexity index is 894. The number of hydrogen-bond acceptors (Lipinski definition) is 4. The third-order valence-corrected chi connectivity index (χ3v) is 7.77. The molecule has 0 aliphatic heterocycles. The highest BCUT2D eigenvalue weighted by Crippen LogP contribution is 2.64. The van der Waals surface area contributed by atoms with Crippen LogP contribution in [0.5, 0.6) is 0 Å². The van der Waals surface area contributed by atoms with Crippen LogP contribution in [0.15, 0.2) is 59.5 Å². The van der Waals surface area contributed by atoms with Crippen molar-refractivity contribution in [3.05, 3.63) is 65.7 Å². The van der Waals surface area contributed by atoms with Gasteiger partial charge in [0.05, 0.1) is 27.2 Å². The lowest BCUT2D eigenvalue weighted by Gasteiger charge is -2.17. The van der Waals surface area contributed by atoms with Gasteiger partial charge in [-0.1, -0.05) is 60.2 Å². The van der Waals surface area contributed by atoms with Gasteiger partial charge < -0.3 is 10.5 Å². The van der Waals surface area contributed by atoms with Gasteiger partial charge in [0.25, 0.3) is 0 Å². The molecule has 2 N–H and O–H groups in total. The van der Waals surface area contributed by atoms with E-state index in [2.05, 4.69) is 0 Å². The number of thiocarbonyl (C=S) groups is 1. The minimum atomic E-state index is -3.60. The molecular weight excluding hydrogens is 366 g/mol. The lowest BCUT2D eigenvalue weighted by Crippen LogP contribution is -2.33. The second kappa shape index (κ2) is 7.10. The maximum atomic E-state index is 13.4. The third-order valence-electron chi connectivity index (χ3n) is 5.10. The van der Waals surface area contributed by atoms with Gasteiger partial charge in [0.1, 0.15) is 0 Å². The number of benzene rings is 2. The lowest BCUT2D eigenvalue weighted by molar-refractivity contribution is 0.121. The van der Waals surface area contributed by atoms with E-state index in [4.69, 9.17) is 22.7 Å². The third kappa shape index (κ3) is 3.06. The molecule has 0 heterocycles. The van der Waals surface area contributed by atoms with Crippen molar-refractivity contribution in [2.45, 2.75) is 29.9 Å². The van der Waals surface area contributed by atoms with Crippen molar-refractivity contribution >= 4 is 27.0 Å². The van der Waals surface area contributed by atoms with Crippen molar-refractivity contribution in [1.82, 2.24) is 0 Å². The summed E-state index contributed by atoms with van der Waals surface area (Å²) in [5.74, 6) is -0.308. The highest BCUT2D eigenvalue weighted by Gasteiger charge is 2.73. The summed E-state index contributed by atoms with van der Waals surface area (Å²) in [6.45, 7) is 4.55. The van der Waals surface area contributed by atoms with Crippen molar-refractivity contribution in [3.8, 4) is 0 Å². The van der Waals surface area contributed by atoms with E-state index >= 15 is 0 Å². The molecule has 0 spiro atoms. The zero-order chi connectivity index (χ0) is 18.9. The Kier molecular flexibility index (Phi) is 5.19. The number of hydrogen-bond donors (Lipinski definition) is 1. The minimum absolute atomic E-state index is 0.195. The molecule has 6 heteroatoms. The molecule has 4 nitrogen and oxygen atoms in total. The predicted octanol–water partition coefficient (Wildman–Crippen LogP) is 3.24. The van der Waals surface area contributed by atoms with Crippen LogP contribution in [-0.4, -0.2) is 31.9 Å².